The highest BCUT2D eigenvalue weighted by Gasteiger charge is 2.20. The number of anilines is 1. The van der Waals surface area contributed by atoms with E-state index in [1.807, 2.05) is 18.2 Å². The van der Waals surface area contributed by atoms with Crippen molar-refractivity contribution in [2.24, 2.45) is 0 Å². The Labute approximate surface area is 144 Å². The number of hydrazine groups is 1. The standard InChI is InChI=1S/C16H26N4O3S/c1-2-14-24(22,23)18-17-16(21)8-9-19-10-12-20(13-11-19)15-6-4-3-5-7-15/h3-7,18H,2,8-14H2,1H3,(H,17,21)/p+1. The molecule has 1 amide bonds. The van der Waals surface area contributed by atoms with Crippen LogP contribution < -0.4 is 20.1 Å². The van der Waals surface area contributed by atoms with Crippen LogP contribution in [0, 0.1) is 0 Å². The van der Waals surface area contributed by atoms with Crippen LogP contribution in [0.2, 0.25) is 0 Å². The van der Waals surface area contributed by atoms with E-state index in [1.165, 1.54) is 10.6 Å². The van der Waals surface area contributed by atoms with Crippen molar-refractivity contribution in [3.05, 3.63) is 30.3 Å². The third kappa shape index (κ3) is 6.10. The van der Waals surface area contributed by atoms with Crippen molar-refractivity contribution in [1.29, 1.82) is 0 Å². The fourth-order valence-electron chi connectivity index (χ4n) is 2.78. The highest BCUT2D eigenvalue weighted by Crippen LogP contribution is 2.12. The Bertz CT molecular complexity index is 613. The minimum Gasteiger partial charge on any atom is -0.360 e. The fourth-order valence-corrected chi connectivity index (χ4v) is 3.69. The zero-order valence-electron chi connectivity index (χ0n) is 14.1. The van der Waals surface area contributed by atoms with E-state index in [1.54, 1.807) is 6.92 Å². The van der Waals surface area contributed by atoms with Crippen molar-refractivity contribution in [3.63, 3.8) is 0 Å². The fraction of sp³-hybridized carbons (Fsp3) is 0.562. The number of piperazine rings is 1. The second kappa shape index (κ2) is 9.00. The molecule has 2 rings (SSSR count). The van der Waals surface area contributed by atoms with Crippen LogP contribution in [-0.2, 0) is 14.8 Å². The molecule has 134 valence electrons. The minimum atomic E-state index is -3.40. The topological polar surface area (TPSA) is 83.0 Å². The molecule has 1 fully saturated rings. The summed E-state index contributed by atoms with van der Waals surface area (Å²) in [4.78, 5) is 17.6. The summed E-state index contributed by atoms with van der Waals surface area (Å²) in [6.07, 6.45) is 0.830. The number of hydrogen-bond acceptors (Lipinski definition) is 4. The van der Waals surface area contributed by atoms with Gasteiger partial charge in [-0.3, -0.25) is 10.2 Å². The van der Waals surface area contributed by atoms with Crippen LogP contribution in [0.5, 0.6) is 0 Å². The molecule has 24 heavy (non-hydrogen) atoms. The highest BCUT2D eigenvalue weighted by molar-refractivity contribution is 7.89. The van der Waals surface area contributed by atoms with Crippen LogP contribution in [-0.4, -0.2) is 52.8 Å². The summed E-state index contributed by atoms with van der Waals surface area (Å²) in [5.74, 6) is -0.271. The summed E-state index contributed by atoms with van der Waals surface area (Å²) >= 11 is 0. The van der Waals surface area contributed by atoms with Gasteiger partial charge >= 0.3 is 0 Å². The largest absolute Gasteiger partial charge is 0.360 e. The number of benzene rings is 1. The second-order valence-electron chi connectivity index (χ2n) is 6.04. The molecule has 1 saturated heterocycles. The molecule has 1 heterocycles. The number of rotatable bonds is 8. The van der Waals surface area contributed by atoms with Crippen molar-refractivity contribution in [1.82, 2.24) is 10.3 Å². The van der Waals surface area contributed by atoms with E-state index in [-0.39, 0.29) is 11.7 Å². The van der Waals surface area contributed by atoms with Gasteiger partial charge in [-0.15, -0.1) is 4.83 Å². The summed E-state index contributed by atoms with van der Waals surface area (Å²) in [5.41, 5.74) is 3.52. The summed E-state index contributed by atoms with van der Waals surface area (Å²) < 4.78 is 23.0. The van der Waals surface area contributed by atoms with Gasteiger partial charge in [-0.05, 0) is 18.6 Å². The average Bonchev–Trinajstić information content (AvgIpc) is 2.59. The van der Waals surface area contributed by atoms with E-state index in [4.69, 9.17) is 0 Å². The number of amides is 1. The van der Waals surface area contributed by atoms with E-state index in [2.05, 4.69) is 27.3 Å². The van der Waals surface area contributed by atoms with Gasteiger partial charge in [-0.2, -0.15) is 0 Å². The summed E-state index contributed by atoms with van der Waals surface area (Å²) in [6, 6.07) is 10.3. The van der Waals surface area contributed by atoms with Crippen molar-refractivity contribution in [3.8, 4) is 0 Å². The predicted molar refractivity (Wildman–Crippen MR) is 94.2 cm³/mol. The molecule has 8 heteroatoms. The lowest BCUT2D eigenvalue weighted by Gasteiger charge is -2.33. The van der Waals surface area contributed by atoms with Crippen LogP contribution in [0.1, 0.15) is 19.8 Å². The first-order valence-electron chi connectivity index (χ1n) is 8.42. The SMILES string of the molecule is CCCS(=O)(=O)NNC(=O)CC[NH+]1CCN(c2ccccc2)CC1. The molecule has 1 aromatic rings. The third-order valence-electron chi connectivity index (χ3n) is 4.12. The molecule has 0 aromatic heterocycles. The molecule has 3 N–H and O–H groups in total. The first-order chi connectivity index (χ1) is 11.5. The number of quaternary nitrogens is 1. The van der Waals surface area contributed by atoms with E-state index >= 15 is 0 Å². The number of hydrogen-bond donors (Lipinski definition) is 3. The Morgan fingerprint density at radius 3 is 2.50 bits per heavy atom. The van der Waals surface area contributed by atoms with Gasteiger partial charge in [0.05, 0.1) is 44.9 Å². The predicted octanol–water partition coefficient (Wildman–Crippen LogP) is -0.858. The van der Waals surface area contributed by atoms with Crippen molar-refractivity contribution in [2.75, 3.05) is 43.4 Å². The van der Waals surface area contributed by atoms with Gasteiger partial charge in [0.25, 0.3) is 0 Å². The number of nitrogens with one attached hydrogen (secondary N) is 3. The van der Waals surface area contributed by atoms with E-state index in [9.17, 15) is 13.2 Å². The first-order valence-corrected chi connectivity index (χ1v) is 10.1. The Kier molecular flexibility index (Phi) is 7.01. The van der Waals surface area contributed by atoms with Gasteiger partial charge in [0, 0.05) is 5.69 Å². The summed E-state index contributed by atoms with van der Waals surface area (Å²) in [5, 5.41) is 0. The van der Waals surface area contributed by atoms with Crippen molar-refractivity contribution < 1.29 is 18.1 Å². The van der Waals surface area contributed by atoms with E-state index < -0.39 is 10.0 Å². The van der Waals surface area contributed by atoms with Gasteiger partial charge in [-0.1, -0.05) is 25.1 Å². The van der Waals surface area contributed by atoms with Crippen LogP contribution in [0.3, 0.4) is 0 Å². The molecule has 0 aliphatic carbocycles. The average molecular weight is 355 g/mol. The van der Waals surface area contributed by atoms with E-state index in [0.29, 0.717) is 19.4 Å². The smallest absolute Gasteiger partial charge is 0.240 e. The van der Waals surface area contributed by atoms with Gasteiger partial charge in [0.1, 0.15) is 0 Å². The maximum atomic E-state index is 11.8. The molecule has 7 nitrogen and oxygen atoms in total. The number of carbonyl (C=O) groups is 1. The Hall–Kier alpha value is -1.64. The van der Waals surface area contributed by atoms with Crippen LogP contribution in [0.25, 0.3) is 0 Å². The lowest BCUT2D eigenvalue weighted by molar-refractivity contribution is -0.900. The molecule has 0 saturated carbocycles. The number of para-hydroxylation sites is 1. The second-order valence-corrected chi connectivity index (χ2v) is 7.88. The third-order valence-corrected chi connectivity index (χ3v) is 5.48. The summed E-state index contributed by atoms with van der Waals surface area (Å²) in [6.45, 7) is 6.37. The van der Waals surface area contributed by atoms with E-state index in [0.717, 1.165) is 26.2 Å². The molecular formula is C16H27N4O3S+. The van der Waals surface area contributed by atoms with Crippen LogP contribution in [0.15, 0.2) is 30.3 Å². The van der Waals surface area contributed by atoms with Gasteiger partial charge in [0.15, 0.2) is 0 Å². The molecule has 0 radical (unpaired) electrons. The van der Waals surface area contributed by atoms with Gasteiger partial charge < -0.3 is 9.80 Å². The quantitative estimate of drug-likeness (QED) is 0.530. The van der Waals surface area contributed by atoms with Gasteiger partial charge in [-0.25, -0.2) is 8.42 Å². The molecule has 0 atom stereocenters. The molecule has 0 spiro atoms. The zero-order chi connectivity index (χ0) is 17.4. The normalized spacial score (nSPS) is 16.1. The Morgan fingerprint density at radius 1 is 1.21 bits per heavy atom. The number of carbonyl (C=O) groups excluding carboxylic acids is 1. The molecule has 1 aliphatic rings. The lowest BCUT2D eigenvalue weighted by atomic mass is 10.2. The molecule has 1 aromatic carbocycles. The number of nitrogens with zero attached hydrogens (tertiary/aromatic N) is 1. The van der Waals surface area contributed by atoms with Crippen LogP contribution >= 0.6 is 0 Å². The monoisotopic (exact) mass is 355 g/mol. The van der Waals surface area contributed by atoms with Crippen molar-refractivity contribution >= 4 is 21.6 Å². The molecule has 0 bridgehead atoms. The van der Waals surface area contributed by atoms with Gasteiger partial charge in [0.2, 0.25) is 15.9 Å². The Balaban J connectivity index is 1.66. The maximum absolute atomic E-state index is 11.8. The maximum Gasteiger partial charge on any atom is 0.240 e. The van der Waals surface area contributed by atoms with Crippen LogP contribution in [0.4, 0.5) is 5.69 Å². The molecule has 0 unspecified atom stereocenters. The molecular weight excluding hydrogens is 328 g/mol. The van der Waals surface area contributed by atoms with Crippen molar-refractivity contribution in [2.45, 2.75) is 19.8 Å². The zero-order valence-corrected chi connectivity index (χ0v) is 14.9. The number of sulfonamides is 1. The summed E-state index contributed by atoms with van der Waals surface area (Å²) in [7, 11) is -3.40. The lowest BCUT2D eigenvalue weighted by Crippen LogP contribution is -3.15. The minimum absolute atomic E-state index is 0.0139. The Morgan fingerprint density at radius 2 is 1.88 bits per heavy atom. The molecule has 1 aliphatic heterocycles. The first kappa shape index (κ1) is 18.7. The highest BCUT2D eigenvalue weighted by atomic mass is 32.2.